The average molecular weight is 313 g/mol. The molecular formula is C16H15N3O4. The van der Waals surface area contributed by atoms with Crippen molar-refractivity contribution in [3.05, 3.63) is 54.1 Å². The van der Waals surface area contributed by atoms with Crippen LogP contribution in [0, 0.1) is 0 Å². The van der Waals surface area contributed by atoms with E-state index in [4.69, 9.17) is 10.5 Å². The molecule has 0 spiro atoms. The first kappa shape index (κ1) is 16.0. The summed E-state index contributed by atoms with van der Waals surface area (Å²) in [5, 5.41) is 4.79. The lowest BCUT2D eigenvalue weighted by Crippen LogP contribution is -2.30. The van der Waals surface area contributed by atoms with Gasteiger partial charge in [0.25, 0.3) is 5.91 Å². The molecule has 0 atom stereocenters. The van der Waals surface area contributed by atoms with Gasteiger partial charge in [-0.3, -0.25) is 14.4 Å². The molecule has 0 bridgehead atoms. The number of hydrogen-bond acceptors (Lipinski definition) is 4. The first-order valence-corrected chi connectivity index (χ1v) is 6.67. The van der Waals surface area contributed by atoms with Gasteiger partial charge < -0.3 is 21.1 Å². The number of nitrogens with one attached hydrogen (secondary N) is 2. The van der Waals surface area contributed by atoms with E-state index in [9.17, 15) is 14.4 Å². The Labute approximate surface area is 132 Å². The Hall–Kier alpha value is -3.35. The van der Waals surface area contributed by atoms with Crippen LogP contribution in [-0.2, 0) is 9.59 Å². The molecule has 0 aliphatic heterocycles. The van der Waals surface area contributed by atoms with Crippen molar-refractivity contribution in [2.75, 3.05) is 17.7 Å². The molecule has 0 fully saturated rings. The smallest absolute Gasteiger partial charge is 0.314 e. The molecular weight excluding hydrogens is 298 g/mol. The average Bonchev–Trinajstić information content (AvgIpc) is 2.55. The maximum Gasteiger partial charge on any atom is 0.314 e. The van der Waals surface area contributed by atoms with E-state index in [1.807, 2.05) is 0 Å². The Morgan fingerprint density at radius 3 is 2.00 bits per heavy atom. The highest BCUT2D eigenvalue weighted by Crippen LogP contribution is 2.23. The molecule has 7 heteroatoms. The minimum Gasteiger partial charge on any atom is -0.495 e. The fourth-order valence-corrected chi connectivity index (χ4v) is 1.91. The van der Waals surface area contributed by atoms with Crippen LogP contribution >= 0.6 is 0 Å². The highest BCUT2D eigenvalue weighted by Gasteiger charge is 2.18. The van der Waals surface area contributed by atoms with E-state index in [-0.39, 0.29) is 11.3 Å². The zero-order valence-electron chi connectivity index (χ0n) is 12.3. The number of anilines is 2. The fourth-order valence-electron chi connectivity index (χ4n) is 1.91. The van der Waals surface area contributed by atoms with E-state index < -0.39 is 17.7 Å². The lowest BCUT2D eigenvalue weighted by Gasteiger charge is -2.11. The van der Waals surface area contributed by atoms with Gasteiger partial charge in [0, 0.05) is 0 Å². The minimum absolute atomic E-state index is 0.117. The van der Waals surface area contributed by atoms with Crippen LogP contribution in [0.5, 0.6) is 5.75 Å². The number of primary amides is 1. The van der Waals surface area contributed by atoms with Gasteiger partial charge in [-0.05, 0) is 24.3 Å². The van der Waals surface area contributed by atoms with Gasteiger partial charge in [-0.15, -0.1) is 0 Å². The third-order valence-electron chi connectivity index (χ3n) is 3.00. The van der Waals surface area contributed by atoms with Gasteiger partial charge in [-0.25, -0.2) is 0 Å². The zero-order valence-corrected chi connectivity index (χ0v) is 12.3. The number of rotatable bonds is 4. The summed E-state index contributed by atoms with van der Waals surface area (Å²) < 4.78 is 5.09. The molecule has 2 rings (SSSR count). The summed E-state index contributed by atoms with van der Waals surface area (Å²) >= 11 is 0. The molecule has 2 aromatic carbocycles. The fraction of sp³-hybridized carbons (Fsp3) is 0.0625. The van der Waals surface area contributed by atoms with Crippen LogP contribution in [0.1, 0.15) is 10.4 Å². The molecule has 0 radical (unpaired) electrons. The molecule has 7 nitrogen and oxygen atoms in total. The van der Waals surface area contributed by atoms with Gasteiger partial charge in [0.15, 0.2) is 0 Å². The topological polar surface area (TPSA) is 111 Å². The van der Waals surface area contributed by atoms with Crippen LogP contribution in [-0.4, -0.2) is 24.8 Å². The highest BCUT2D eigenvalue weighted by molar-refractivity contribution is 6.44. The van der Waals surface area contributed by atoms with E-state index in [1.165, 1.54) is 19.2 Å². The van der Waals surface area contributed by atoms with Crippen molar-refractivity contribution in [1.29, 1.82) is 0 Å². The SMILES string of the molecule is COc1ccccc1NC(=O)C(=O)Nc1ccccc1C(N)=O. The predicted molar refractivity (Wildman–Crippen MR) is 85.2 cm³/mol. The number of carbonyl (C=O) groups excluding carboxylic acids is 3. The van der Waals surface area contributed by atoms with Crippen LogP contribution in [0.25, 0.3) is 0 Å². The van der Waals surface area contributed by atoms with Gasteiger partial charge in [0.05, 0.1) is 24.0 Å². The van der Waals surface area contributed by atoms with Crippen LogP contribution < -0.4 is 21.1 Å². The molecule has 4 N–H and O–H groups in total. The van der Waals surface area contributed by atoms with Crippen molar-refractivity contribution in [2.24, 2.45) is 5.73 Å². The maximum absolute atomic E-state index is 12.0. The van der Waals surface area contributed by atoms with Gasteiger partial charge in [0.2, 0.25) is 0 Å². The van der Waals surface area contributed by atoms with Crippen LogP contribution in [0.4, 0.5) is 11.4 Å². The molecule has 0 aliphatic rings. The van der Waals surface area contributed by atoms with Crippen molar-refractivity contribution in [3.8, 4) is 5.75 Å². The van der Waals surface area contributed by atoms with Crippen molar-refractivity contribution < 1.29 is 19.1 Å². The summed E-state index contributed by atoms with van der Waals surface area (Å²) in [5.41, 5.74) is 5.86. The largest absolute Gasteiger partial charge is 0.495 e. The molecule has 0 aromatic heterocycles. The van der Waals surface area contributed by atoms with Gasteiger partial charge in [0.1, 0.15) is 5.75 Å². The first-order chi connectivity index (χ1) is 11.0. The van der Waals surface area contributed by atoms with Crippen molar-refractivity contribution in [2.45, 2.75) is 0 Å². The van der Waals surface area contributed by atoms with Gasteiger partial charge >= 0.3 is 11.8 Å². The van der Waals surface area contributed by atoms with Crippen LogP contribution in [0.2, 0.25) is 0 Å². The maximum atomic E-state index is 12.0. The number of carbonyl (C=O) groups is 3. The minimum atomic E-state index is -0.926. The van der Waals surface area contributed by atoms with Crippen molar-refractivity contribution in [1.82, 2.24) is 0 Å². The van der Waals surface area contributed by atoms with Crippen molar-refractivity contribution in [3.63, 3.8) is 0 Å². The molecule has 23 heavy (non-hydrogen) atoms. The molecule has 0 aliphatic carbocycles. The van der Waals surface area contributed by atoms with E-state index in [0.717, 1.165) is 0 Å². The standard InChI is InChI=1S/C16H15N3O4/c1-23-13-9-5-4-8-12(13)19-16(22)15(21)18-11-7-3-2-6-10(11)14(17)20/h2-9H,1H3,(H2,17,20)(H,18,21)(H,19,22). The molecule has 0 heterocycles. The number of benzene rings is 2. The van der Waals surface area contributed by atoms with Crippen LogP contribution in [0.3, 0.4) is 0 Å². The normalized spacial score (nSPS) is 9.78. The third kappa shape index (κ3) is 3.85. The number of nitrogens with two attached hydrogens (primary N) is 1. The Bertz CT molecular complexity index is 758. The van der Waals surface area contributed by atoms with E-state index in [0.29, 0.717) is 11.4 Å². The Kier molecular flexibility index (Phi) is 4.93. The molecule has 2 aromatic rings. The third-order valence-corrected chi connectivity index (χ3v) is 3.00. The second-order valence-electron chi connectivity index (χ2n) is 4.52. The number of methoxy groups -OCH3 is 1. The number of para-hydroxylation sites is 3. The second kappa shape index (κ2) is 7.08. The van der Waals surface area contributed by atoms with Gasteiger partial charge in [-0.1, -0.05) is 24.3 Å². The summed E-state index contributed by atoms with van der Waals surface area (Å²) in [4.78, 5) is 35.2. The zero-order chi connectivity index (χ0) is 16.8. The Morgan fingerprint density at radius 1 is 0.870 bits per heavy atom. The van der Waals surface area contributed by atoms with Gasteiger partial charge in [-0.2, -0.15) is 0 Å². The second-order valence-corrected chi connectivity index (χ2v) is 4.52. The monoisotopic (exact) mass is 313 g/mol. The number of ether oxygens (including phenoxy) is 1. The quantitative estimate of drug-likeness (QED) is 0.740. The Balaban J connectivity index is 2.12. The molecule has 3 amide bonds. The predicted octanol–water partition coefficient (Wildman–Crippen LogP) is 1.37. The molecule has 0 saturated carbocycles. The molecule has 0 saturated heterocycles. The van der Waals surface area contributed by atoms with E-state index in [1.54, 1.807) is 36.4 Å². The summed E-state index contributed by atoms with van der Waals surface area (Å²) in [6.45, 7) is 0. The highest BCUT2D eigenvalue weighted by atomic mass is 16.5. The molecule has 118 valence electrons. The first-order valence-electron chi connectivity index (χ1n) is 6.67. The van der Waals surface area contributed by atoms with Crippen molar-refractivity contribution >= 4 is 29.1 Å². The summed E-state index contributed by atoms with van der Waals surface area (Å²) in [6.07, 6.45) is 0. The lowest BCUT2D eigenvalue weighted by molar-refractivity contribution is -0.133. The Morgan fingerprint density at radius 2 is 1.39 bits per heavy atom. The summed E-state index contributed by atoms with van der Waals surface area (Å²) in [7, 11) is 1.45. The number of hydrogen-bond donors (Lipinski definition) is 3. The summed E-state index contributed by atoms with van der Waals surface area (Å²) in [5.74, 6) is -2.10. The lowest BCUT2D eigenvalue weighted by atomic mass is 10.1. The van der Waals surface area contributed by atoms with E-state index >= 15 is 0 Å². The van der Waals surface area contributed by atoms with E-state index in [2.05, 4.69) is 10.6 Å². The summed E-state index contributed by atoms with van der Waals surface area (Å²) in [6, 6.07) is 12.8. The van der Waals surface area contributed by atoms with Crippen LogP contribution in [0.15, 0.2) is 48.5 Å². The molecule has 0 unspecified atom stereocenters. The number of amides is 3.